The average molecular weight is 447 g/mol. The summed E-state index contributed by atoms with van der Waals surface area (Å²) < 4.78 is 5.48. The van der Waals surface area contributed by atoms with Crippen LogP contribution in [0.25, 0.3) is 0 Å². The SMILES string of the molecule is O=C(O)CC1(O)CCN(C(=O)CC2CN(C3CCN(c4ccncc4)CC3)C(=O)O2)CC1. The predicted molar refractivity (Wildman–Crippen MR) is 114 cm³/mol. The molecule has 0 aromatic carbocycles. The fraction of sp³-hybridized carbons (Fsp3) is 0.636. The second-order valence-corrected chi connectivity index (χ2v) is 8.96. The number of nitrogens with zero attached hydrogens (tertiary/aromatic N) is 4. The van der Waals surface area contributed by atoms with E-state index in [-0.39, 0.29) is 43.7 Å². The summed E-state index contributed by atoms with van der Waals surface area (Å²) >= 11 is 0. The van der Waals surface area contributed by atoms with Crippen LogP contribution in [0.4, 0.5) is 10.5 Å². The van der Waals surface area contributed by atoms with Gasteiger partial charge in [0.1, 0.15) is 6.10 Å². The third kappa shape index (κ3) is 5.12. The van der Waals surface area contributed by atoms with Crippen LogP contribution in [0.3, 0.4) is 0 Å². The van der Waals surface area contributed by atoms with Gasteiger partial charge in [-0.05, 0) is 37.8 Å². The van der Waals surface area contributed by atoms with Crippen LogP contribution >= 0.6 is 0 Å². The lowest BCUT2D eigenvalue weighted by Gasteiger charge is -2.37. The molecule has 2 N–H and O–H groups in total. The summed E-state index contributed by atoms with van der Waals surface area (Å²) in [5.41, 5.74) is -0.132. The van der Waals surface area contributed by atoms with E-state index in [0.717, 1.165) is 31.6 Å². The highest BCUT2D eigenvalue weighted by Crippen LogP contribution is 2.28. The second-order valence-electron chi connectivity index (χ2n) is 8.96. The summed E-state index contributed by atoms with van der Waals surface area (Å²) in [6.45, 7) is 2.70. The number of hydrogen-bond acceptors (Lipinski definition) is 7. The number of carbonyl (C=O) groups is 3. The molecular formula is C22H30N4O6. The van der Waals surface area contributed by atoms with E-state index in [2.05, 4.69) is 9.88 Å². The van der Waals surface area contributed by atoms with E-state index in [1.54, 1.807) is 22.2 Å². The molecule has 0 spiro atoms. The molecule has 1 aromatic heterocycles. The Bertz CT molecular complexity index is 834. The van der Waals surface area contributed by atoms with Crippen LogP contribution in [0.1, 0.15) is 38.5 Å². The Morgan fingerprint density at radius 2 is 1.78 bits per heavy atom. The summed E-state index contributed by atoms with van der Waals surface area (Å²) in [6.07, 6.45) is 4.65. The monoisotopic (exact) mass is 446 g/mol. The van der Waals surface area contributed by atoms with E-state index in [9.17, 15) is 19.5 Å². The summed E-state index contributed by atoms with van der Waals surface area (Å²) in [6, 6.07) is 4.06. The van der Waals surface area contributed by atoms with E-state index in [1.165, 1.54) is 0 Å². The second kappa shape index (κ2) is 9.32. The zero-order chi connectivity index (χ0) is 22.7. The van der Waals surface area contributed by atoms with Crippen LogP contribution < -0.4 is 4.90 Å². The van der Waals surface area contributed by atoms with E-state index < -0.39 is 17.7 Å². The molecule has 32 heavy (non-hydrogen) atoms. The molecule has 0 aliphatic carbocycles. The number of carboxylic acids is 1. The Kier molecular flexibility index (Phi) is 6.50. The molecule has 0 bridgehead atoms. The number of anilines is 1. The van der Waals surface area contributed by atoms with Gasteiger partial charge in [0.05, 0.1) is 25.0 Å². The molecule has 3 saturated heterocycles. The number of carbonyl (C=O) groups excluding carboxylic acids is 2. The lowest BCUT2D eigenvalue weighted by Crippen LogP contribution is -2.48. The molecular weight excluding hydrogens is 416 g/mol. The van der Waals surface area contributed by atoms with E-state index in [4.69, 9.17) is 9.84 Å². The Labute approximate surface area is 186 Å². The van der Waals surface area contributed by atoms with Gasteiger partial charge in [0.25, 0.3) is 0 Å². The Morgan fingerprint density at radius 3 is 2.41 bits per heavy atom. The van der Waals surface area contributed by atoms with Crippen molar-refractivity contribution in [2.75, 3.05) is 37.6 Å². The van der Waals surface area contributed by atoms with Gasteiger partial charge in [0.2, 0.25) is 5.91 Å². The number of hydrogen-bond donors (Lipinski definition) is 2. The minimum atomic E-state index is -1.26. The summed E-state index contributed by atoms with van der Waals surface area (Å²) in [5, 5.41) is 19.3. The zero-order valence-corrected chi connectivity index (χ0v) is 18.1. The highest BCUT2D eigenvalue weighted by molar-refractivity contribution is 5.78. The van der Waals surface area contributed by atoms with Crippen molar-refractivity contribution in [2.45, 2.75) is 56.3 Å². The van der Waals surface area contributed by atoms with E-state index >= 15 is 0 Å². The third-order valence-electron chi connectivity index (χ3n) is 6.76. The third-order valence-corrected chi connectivity index (χ3v) is 6.76. The van der Waals surface area contributed by atoms with Crippen molar-refractivity contribution >= 4 is 23.7 Å². The van der Waals surface area contributed by atoms with Gasteiger partial charge in [-0.25, -0.2) is 4.79 Å². The van der Waals surface area contributed by atoms with Crippen molar-refractivity contribution in [3.8, 4) is 0 Å². The maximum Gasteiger partial charge on any atom is 0.410 e. The fourth-order valence-corrected chi connectivity index (χ4v) is 4.89. The standard InChI is InChI=1S/C22H30N4O6/c27-19(25-11-5-22(31,6-12-25)14-20(28)29)13-18-15-26(21(30)32-18)17-3-9-24(10-4-17)16-1-7-23-8-2-16/h1-2,7-8,17-18,31H,3-6,9-15H2,(H,28,29). The molecule has 0 radical (unpaired) electrons. The quantitative estimate of drug-likeness (QED) is 0.666. The molecule has 2 amide bonds. The Morgan fingerprint density at radius 1 is 1.12 bits per heavy atom. The molecule has 174 valence electrons. The van der Waals surface area contributed by atoms with E-state index in [1.807, 2.05) is 12.1 Å². The Balaban J connectivity index is 1.24. The first-order valence-electron chi connectivity index (χ1n) is 11.2. The number of aliphatic hydroxyl groups is 1. The molecule has 4 heterocycles. The number of aromatic nitrogens is 1. The highest BCUT2D eigenvalue weighted by Gasteiger charge is 2.40. The number of cyclic esters (lactones) is 1. The number of carboxylic acid groups (broad SMARTS) is 1. The molecule has 4 rings (SSSR count). The van der Waals surface area contributed by atoms with Crippen molar-refractivity contribution < 1.29 is 29.3 Å². The number of amides is 2. The van der Waals surface area contributed by atoms with Crippen LogP contribution in [0.2, 0.25) is 0 Å². The van der Waals surface area contributed by atoms with Crippen molar-refractivity contribution in [1.29, 1.82) is 0 Å². The first-order chi connectivity index (χ1) is 15.3. The van der Waals surface area contributed by atoms with Gasteiger partial charge in [-0.3, -0.25) is 14.6 Å². The topological polar surface area (TPSA) is 124 Å². The maximum atomic E-state index is 12.7. The normalized spacial score (nSPS) is 23.8. The van der Waals surface area contributed by atoms with Crippen LogP contribution in [-0.4, -0.2) is 93.4 Å². The lowest BCUT2D eigenvalue weighted by atomic mass is 9.88. The van der Waals surface area contributed by atoms with Gasteiger partial charge in [-0.1, -0.05) is 0 Å². The summed E-state index contributed by atoms with van der Waals surface area (Å²) in [5.74, 6) is -1.17. The lowest BCUT2D eigenvalue weighted by molar-refractivity contribution is -0.146. The minimum absolute atomic E-state index is 0.0988. The van der Waals surface area contributed by atoms with E-state index in [0.29, 0.717) is 19.6 Å². The number of rotatable bonds is 6. The molecule has 1 unspecified atom stereocenters. The minimum Gasteiger partial charge on any atom is -0.481 e. The van der Waals surface area contributed by atoms with Crippen LogP contribution in [0.15, 0.2) is 24.5 Å². The smallest absolute Gasteiger partial charge is 0.410 e. The zero-order valence-electron chi connectivity index (χ0n) is 18.1. The molecule has 3 fully saturated rings. The number of likely N-dealkylation sites (tertiary alicyclic amines) is 1. The molecule has 1 aromatic rings. The average Bonchev–Trinajstić information content (AvgIpc) is 3.14. The van der Waals surface area contributed by atoms with Gasteiger partial charge >= 0.3 is 12.1 Å². The largest absolute Gasteiger partial charge is 0.481 e. The van der Waals surface area contributed by atoms with Gasteiger partial charge in [0.15, 0.2) is 0 Å². The number of ether oxygens (including phenoxy) is 1. The molecule has 1 atom stereocenters. The van der Waals surface area contributed by atoms with Crippen molar-refractivity contribution in [1.82, 2.24) is 14.8 Å². The maximum absolute atomic E-state index is 12.7. The molecule has 3 aliphatic heterocycles. The molecule has 0 saturated carbocycles. The predicted octanol–water partition coefficient (Wildman–Crippen LogP) is 1.09. The first-order valence-corrected chi connectivity index (χ1v) is 11.2. The van der Waals surface area contributed by atoms with Gasteiger partial charge in [-0.15, -0.1) is 0 Å². The van der Waals surface area contributed by atoms with Crippen LogP contribution in [0.5, 0.6) is 0 Å². The van der Waals surface area contributed by atoms with Crippen molar-refractivity contribution in [2.24, 2.45) is 0 Å². The summed E-state index contributed by atoms with van der Waals surface area (Å²) in [4.78, 5) is 45.7. The molecule has 3 aliphatic rings. The van der Waals surface area contributed by atoms with Crippen molar-refractivity contribution in [3.05, 3.63) is 24.5 Å². The van der Waals surface area contributed by atoms with Crippen LogP contribution in [-0.2, 0) is 14.3 Å². The fourth-order valence-electron chi connectivity index (χ4n) is 4.89. The van der Waals surface area contributed by atoms with Crippen LogP contribution in [0, 0.1) is 0 Å². The van der Waals surface area contributed by atoms with Gasteiger partial charge in [0, 0.05) is 50.3 Å². The molecule has 10 heteroatoms. The molecule has 10 nitrogen and oxygen atoms in total. The number of aliphatic carboxylic acids is 1. The number of piperidine rings is 2. The first kappa shape index (κ1) is 22.3. The summed E-state index contributed by atoms with van der Waals surface area (Å²) in [7, 11) is 0. The van der Waals surface area contributed by atoms with Gasteiger partial charge < -0.3 is 29.6 Å². The van der Waals surface area contributed by atoms with Crippen molar-refractivity contribution in [3.63, 3.8) is 0 Å². The highest BCUT2D eigenvalue weighted by atomic mass is 16.6. The number of pyridine rings is 1. The Hall–Kier alpha value is -2.88. The van der Waals surface area contributed by atoms with Gasteiger partial charge in [-0.2, -0.15) is 0 Å².